The Labute approximate surface area is 67.8 Å². The molecular weight excluding hydrogens is 138 g/mol. The molecule has 1 fully saturated rings. The van der Waals surface area contributed by atoms with Gasteiger partial charge in [0.15, 0.2) is 0 Å². The average Bonchev–Trinajstić information content (AvgIpc) is 1.95. The number of amidine groups is 1. The Morgan fingerprint density at radius 1 is 1.45 bits per heavy atom. The molecule has 3 nitrogen and oxygen atoms in total. The van der Waals surface area contributed by atoms with E-state index in [4.69, 9.17) is 5.41 Å². The van der Waals surface area contributed by atoms with Gasteiger partial charge in [0.2, 0.25) is 0 Å². The van der Waals surface area contributed by atoms with E-state index in [1.807, 2.05) is 31.1 Å². The number of hydrogen-bond acceptors (Lipinski definition) is 2. The minimum absolute atomic E-state index is 0.692. The Morgan fingerprint density at radius 3 is 2.73 bits per heavy atom. The van der Waals surface area contributed by atoms with Crippen LogP contribution >= 0.6 is 0 Å². The zero-order valence-corrected chi connectivity index (χ0v) is 7.17. The second-order valence-corrected chi connectivity index (χ2v) is 2.86. The highest BCUT2D eigenvalue weighted by molar-refractivity contribution is 5.82. The smallest absolute Gasteiger partial charge is 0.114 e. The van der Waals surface area contributed by atoms with Crippen molar-refractivity contribution in [3.05, 3.63) is 12.3 Å². The van der Waals surface area contributed by atoms with Gasteiger partial charge in [-0.2, -0.15) is 0 Å². The van der Waals surface area contributed by atoms with E-state index in [1.165, 1.54) is 0 Å². The van der Waals surface area contributed by atoms with Gasteiger partial charge in [0, 0.05) is 19.3 Å². The monoisotopic (exact) mass is 153 g/mol. The first-order valence-electron chi connectivity index (χ1n) is 3.89. The lowest BCUT2D eigenvalue weighted by Crippen LogP contribution is -2.45. The summed E-state index contributed by atoms with van der Waals surface area (Å²) in [6, 6.07) is 0. The standard InChI is InChI=1S/C8H15N3/c1-3-4-11-6-5-10(2)7-8(11)9/h3-4,9H,5-7H2,1-2H3/b4-3-,9-8?. The number of nitrogens with one attached hydrogen (secondary N) is 1. The van der Waals surface area contributed by atoms with Crippen molar-refractivity contribution in [2.45, 2.75) is 6.92 Å². The van der Waals surface area contributed by atoms with Crippen LogP contribution in [0.2, 0.25) is 0 Å². The van der Waals surface area contributed by atoms with E-state index >= 15 is 0 Å². The lowest BCUT2D eigenvalue weighted by atomic mass is 10.3. The summed E-state index contributed by atoms with van der Waals surface area (Å²) in [6.45, 7) is 4.74. The zero-order valence-electron chi connectivity index (χ0n) is 7.17. The van der Waals surface area contributed by atoms with Crippen molar-refractivity contribution in [2.24, 2.45) is 0 Å². The highest BCUT2D eigenvalue weighted by atomic mass is 15.3. The lowest BCUT2D eigenvalue weighted by Gasteiger charge is -2.31. The van der Waals surface area contributed by atoms with Crippen LogP contribution < -0.4 is 0 Å². The Balaban J connectivity index is 2.50. The van der Waals surface area contributed by atoms with Crippen molar-refractivity contribution >= 4 is 5.84 Å². The number of allylic oxidation sites excluding steroid dienone is 1. The van der Waals surface area contributed by atoms with Gasteiger partial charge in [-0.1, -0.05) is 6.08 Å². The fourth-order valence-corrected chi connectivity index (χ4v) is 1.18. The molecule has 1 aliphatic heterocycles. The molecular formula is C8H15N3. The molecule has 1 rings (SSSR count). The van der Waals surface area contributed by atoms with Crippen LogP contribution in [0.15, 0.2) is 12.3 Å². The average molecular weight is 153 g/mol. The second kappa shape index (κ2) is 3.53. The Bertz CT molecular complexity index is 174. The van der Waals surface area contributed by atoms with Crippen molar-refractivity contribution < 1.29 is 0 Å². The van der Waals surface area contributed by atoms with Crippen molar-refractivity contribution in [1.82, 2.24) is 9.80 Å². The summed E-state index contributed by atoms with van der Waals surface area (Å²) in [5, 5.41) is 7.61. The number of nitrogens with zero attached hydrogens (tertiary/aromatic N) is 2. The Morgan fingerprint density at radius 2 is 2.18 bits per heavy atom. The van der Waals surface area contributed by atoms with Crippen LogP contribution in [0.3, 0.4) is 0 Å². The molecule has 1 aliphatic rings. The number of hydrogen-bond donors (Lipinski definition) is 1. The van der Waals surface area contributed by atoms with E-state index < -0.39 is 0 Å². The van der Waals surface area contributed by atoms with Gasteiger partial charge >= 0.3 is 0 Å². The molecule has 0 spiro atoms. The van der Waals surface area contributed by atoms with Gasteiger partial charge in [-0.15, -0.1) is 0 Å². The molecule has 0 radical (unpaired) electrons. The molecule has 11 heavy (non-hydrogen) atoms. The maximum absolute atomic E-state index is 7.61. The molecule has 0 aromatic rings. The molecule has 0 atom stereocenters. The fraction of sp³-hybridized carbons (Fsp3) is 0.625. The maximum Gasteiger partial charge on any atom is 0.114 e. The van der Waals surface area contributed by atoms with Crippen LogP contribution in [-0.4, -0.2) is 42.3 Å². The van der Waals surface area contributed by atoms with Crippen LogP contribution in [0.1, 0.15) is 6.92 Å². The molecule has 0 aliphatic carbocycles. The predicted octanol–water partition coefficient (Wildman–Crippen LogP) is 0.745. The van der Waals surface area contributed by atoms with Crippen LogP contribution in [0.4, 0.5) is 0 Å². The highest BCUT2D eigenvalue weighted by Gasteiger charge is 2.15. The first kappa shape index (κ1) is 8.27. The first-order chi connectivity index (χ1) is 5.24. The summed E-state index contributed by atoms with van der Waals surface area (Å²) in [6.07, 6.45) is 3.94. The van der Waals surface area contributed by atoms with Crippen LogP contribution in [0.25, 0.3) is 0 Å². The minimum Gasteiger partial charge on any atom is -0.335 e. The molecule has 1 saturated heterocycles. The van der Waals surface area contributed by atoms with Gasteiger partial charge in [0.1, 0.15) is 5.84 Å². The minimum atomic E-state index is 0.692. The van der Waals surface area contributed by atoms with Crippen molar-refractivity contribution in [3.63, 3.8) is 0 Å². The van der Waals surface area contributed by atoms with Gasteiger partial charge < -0.3 is 4.90 Å². The molecule has 62 valence electrons. The fourth-order valence-electron chi connectivity index (χ4n) is 1.18. The maximum atomic E-state index is 7.61. The number of rotatable bonds is 1. The molecule has 0 saturated carbocycles. The van der Waals surface area contributed by atoms with Crippen molar-refractivity contribution in [3.8, 4) is 0 Å². The molecule has 0 aromatic heterocycles. The predicted molar refractivity (Wildman–Crippen MR) is 46.7 cm³/mol. The van der Waals surface area contributed by atoms with E-state index in [1.54, 1.807) is 0 Å². The summed E-state index contributed by atoms with van der Waals surface area (Å²) in [7, 11) is 2.04. The SMILES string of the molecule is C/C=C\N1CCN(C)CC1=N. The normalized spacial score (nSPS) is 21.6. The molecule has 0 amide bonds. The van der Waals surface area contributed by atoms with Crippen LogP contribution in [0, 0.1) is 5.41 Å². The molecule has 1 N–H and O–H groups in total. The first-order valence-corrected chi connectivity index (χ1v) is 3.89. The topological polar surface area (TPSA) is 30.3 Å². The summed E-state index contributed by atoms with van der Waals surface area (Å²) in [4.78, 5) is 4.14. The van der Waals surface area contributed by atoms with Crippen LogP contribution in [-0.2, 0) is 0 Å². The summed E-state index contributed by atoms with van der Waals surface area (Å²) < 4.78 is 0. The summed E-state index contributed by atoms with van der Waals surface area (Å²) in [5.41, 5.74) is 0. The molecule has 0 unspecified atom stereocenters. The van der Waals surface area contributed by atoms with E-state index in [9.17, 15) is 0 Å². The van der Waals surface area contributed by atoms with Gasteiger partial charge in [-0.3, -0.25) is 10.3 Å². The molecule has 3 heteroatoms. The summed E-state index contributed by atoms with van der Waals surface area (Å²) >= 11 is 0. The molecule has 0 aromatic carbocycles. The third kappa shape index (κ3) is 2.05. The highest BCUT2D eigenvalue weighted by Crippen LogP contribution is 2.01. The molecule has 0 bridgehead atoms. The van der Waals surface area contributed by atoms with Crippen molar-refractivity contribution in [2.75, 3.05) is 26.7 Å². The third-order valence-electron chi connectivity index (χ3n) is 1.82. The Hall–Kier alpha value is -0.830. The quantitative estimate of drug-likeness (QED) is 0.602. The second-order valence-electron chi connectivity index (χ2n) is 2.86. The van der Waals surface area contributed by atoms with Gasteiger partial charge in [-0.05, 0) is 14.0 Å². The zero-order chi connectivity index (χ0) is 8.27. The third-order valence-corrected chi connectivity index (χ3v) is 1.82. The largest absolute Gasteiger partial charge is 0.335 e. The van der Waals surface area contributed by atoms with E-state index in [2.05, 4.69) is 4.90 Å². The van der Waals surface area contributed by atoms with Crippen molar-refractivity contribution in [1.29, 1.82) is 5.41 Å². The molecule has 1 heterocycles. The number of piperazine rings is 1. The number of likely N-dealkylation sites (N-methyl/N-ethyl adjacent to an activating group) is 1. The van der Waals surface area contributed by atoms with Gasteiger partial charge in [0.25, 0.3) is 0 Å². The Kier molecular flexibility index (Phi) is 2.65. The van der Waals surface area contributed by atoms with Crippen LogP contribution in [0.5, 0.6) is 0 Å². The lowest BCUT2D eigenvalue weighted by molar-refractivity contribution is 0.300. The van der Waals surface area contributed by atoms with E-state index in [-0.39, 0.29) is 0 Å². The van der Waals surface area contributed by atoms with E-state index in [0.29, 0.717) is 5.84 Å². The summed E-state index contributed by atoms with van der Waals surface area (Å²) in [5.74, 6) is 0.692. The van der Waals surface area contributed by atoms with E-state index in [0.717, 1.165) is 19.6 Å². The van der Waals surface area contributed by atoms with Gasteiger partial charge in [-0.25, -0.2) is 0 Å². The van der Waals surface area contributed by atoms with Gasteiger partial charge in [0.05, 0.1) is 6.54 Å².